The second kappa shape index (κ2) is 10.3. The van der Waals surface area contributed by atoms with E-state index in [0.29, 0.717) is 25.3 Å². The first-order valence-electron chi connectivity index (χ1n) is 9.42. The van der Waals surface area contributed by atoms with Gasteiger partial charge in [-0.3, -0.25) is 4.79 Å². The zero-order valence-electron chi connectivity index (χ0n) is 17.3. The number of anilines is 1. The van der Waals surface area contributed by atoms with Crippen LogP contribution in [-0.2, 0) is 14.8 Å². The molecule has 0 bridgehead atoms. The number of aryl methyl sites for hydroxylation is 1. The molecule has 1 N–H and O–H groups in total. The van der Waals surface area contributed by atoms with Gasteiger partial charge in [0.15, 0.2) is 0 Å². The van der Waals surface area contributed by atoms with E-state index in [1.54, 1.807) is 19.1 Å². The summed E-state index contributed by atoms with van der Waals surface area (Å²) in [5, 5.41) is 2.74. The van der Waals surface area contributed by atoms with E-state index in [2.05, 4.69) is 5.32 Å². The molecule has 2 aromatic rings. The fourth-order valence-corrected chi connectivity index (χ4v) is 3.66. The van der Waals surface area contributed by atoms with Gasteiger partial charge in [0.2, 0.25) is 15.9 Å². The molecule has 0 aliphatic rings. The highest BCUT2D eigenvalue weighted by Gasteiger charge is 2.23. The Morgan fingerprint density at radius 2 is 1.86 bits per heavy atom. The lowest BCUT2D eigenvalue weighted by molar-refractivity contribution is -0.116. The molecule has 0 aliphatic heterocycles. The Morgan fingerprint density at radius 3 is 2.52 bits per heavy atom. The summed E-state index contributed by atoms with van der Waals surface area (Å²) >= 11 is 0. The van der Waals surface area contributed by atoms with Gasteiger partial charge in [-0.05, 0) is 56.2 Å². The van der Waals surface area contributed by atoms with Crippen molar-refractivity contribution in [3.05, 3.63) is 48.0 Å². The molecule has 0 aromatic heterocycles. The van der Waals surface area contributed by atoms with E-state index in [0.717, 1.165) is 15.6 Å². The molecular weight excluding hydrogens is 392 g/mol. The lowest BCUT2D eigenvalue weighted by Gasteiger charge is -2.16. The maximum absolute atomic E-state index is 12.6. The highest BCUT2D eigenvalue weighted by atomic mass is 32.2. The Kier molecular flexibility index (Phi) is 8.04. The van der Waals surface area contributed by atoms with Gasteiger partial charge in [0, 0.05) is 26.2 Å². The Balaban J connectivity index is 1.97. The molecule has 0 atom stereocenters. The molecule has 2 rings (SSSR count). The zero-order valence-corrected chi connectivity index (χ0v) is 18.1. The number of nitrogens with zero attached hydrogens (tertiary/aromatic N) is 1. The number of hydrogen-bond donors (Lipinski definition) is 1. The second-order valence-electron chi connectivity index (χ2n) is 6.70. The minimum absolute atomic E-state index is 0.0185. The summed E-state index contributed by atoms with van der Waals surface area (Å²) in [6.07, 6.45) is 0.800. The third kappa shape index (κ3) is 6.47. The summed E-state index contributed by atoms with van der Waals surface area (Å²) < 4.78 is 37.3. The minimum Gasteiger partial charge on any atom is -0.494 e. The quantitative estimate of drug-likeness (QED) is 0.595. The van der Waals surface area contributed by atoms with Crippen LogP contribution in [0.25, 0.3) is 0 Å². The molecule has 0 unspecified atom stereocenters. The third-order valence-electron chi connectivity index (χ3n) is 4.09. The van der Waals surface area contributed by atoms with E-state index < -0.39 is 10.0 Å². The van der Waals surface area contributed by atoms with Crippen molar-refractivity contribution in [1.29, 1.82) is 0 Å². The van der Waals surface area contributed by atoms with E-state index in [1.807, 2.05) is 31.2 Å². The summed E-state index contributed by atoms with van der Waals surface area (Å²) in [6.45, 7) is 4.52. The highest BCUT2D eigenvalue weighted by Crippen LogP contribution is 2.29. The maximum atomic E-state index is 12.6. The lowest BCUT2D eigenvalue weighted by atomic mass is 10.2. The Labute approximate surface area is 172 Å². The van der Waals surface area contributed by atoms with E-state index in [9.17, 15) is 13.2 Å². The molecule has 7 nitrogen and oxygen atoms in total. The maximum Gasteiger partial charge on any atom is 0.246 e. The summed E-state index contributed by atoms with van der Waals surface area (Å²) in [5.41, 5.74) is 1.51. The van der Waals surface area contributed by atoms with E-state index in [1.165, 1.54) is 20.2 Å². The largest absolute Gasteiger partial charge is 0.494 e. The first-order valence-corrected chi connectivity index (χ1v) is 10.9. The van der Waals surface area contributed by atoms with E-state index >= 15 is 0 Å². The second-order valence-corrected chi connectivity index (χ2v) is 8.82. The standard InChI is InChI=1S/C21H28N2O5S/c1-5-27-19-12-11-17(15-20(19)29(25,26)23(3)4)22-21(24)10-7-13-28-18-9-6-8-16(2)14-18/h6,8-9,11-12,14-15H,5,7,10,13H2,1-4H3,(H,22,24). The third-order valence-corrected chi connectivity index (χ3v) is 5.93. The number of hydrogen-bond acceptors (Lipinski definition) is 5. The van der Waals surface area contributed by atoms with Gasteiger partial charge < -0.3 is 14.8 Å². The van der Waals surface area contributed by atoms with Gasteiger partial charge in [-0.1, -0.05) is 12.1 Å². The summed E-state index contributed by atoms with van der Waals surface area (Å²) in [5.74, 6) is 0.816. The number of carbonyl (C=O) groups is 1. The molecule has 0 aliphatic carbocycles. The Hall–Kier alpha value is -2.58. The van der Waals surface area contributed by atoms with Gasteiger partial charge in [0.05, 0.1) is 13.2 Å². The van der Waals surface area contributed by atoms with Crippen LogP contribution in [0.15, 0.2) is 47.4 Å². The van der Waals surface area contributed by atoms with Crippen molar-refractivity contribution in [1.82, 2.24) is 4.31 Å². The van der Waals surface area contributed by atoms with Gasteiger partial charge in [-0.15, -0.1) is 0 Å². The zero-order chi connectivity index (χ0) is 21.4. The van der Waals surface area contributed by atoms with Crippen LogP contribution in [0, 0.1) is 6.92 Å². The Morgan fingerprint density at radius 1 is 1.10 bits per heavy atom. The van der Waals surface area contributed by atoms with Crippen LogP contribution in [-0.4, -0.2) is 45.9 Å². The molecule has 1 amide bonds. The average Bonchev–Trinajstić information content (AvgIpc) is 2.66. The van der Waals surface area contributed by atoms with Gasteiger partial charge in [0.25, 0.3) is 0 Å². The molecule has 0 saturated carbocycles. The van der Waals surface area contributed by atoms with Crippen LogP contribution < -0.4 is 14.8 Å². The van der Waals surface area contributed by atoms with Crippen molar-refractivity contribution >= 4 is 21.6 Å². The molecule has 0 heterocycles. The monoisotopic (exact) mass is 420 g/mol. The number of rotatable bonds is 10. The number of ether oxygens (including phenoxy) is 2. The number of sulfonamides is 1. The van der Waals surface area contributed by atoms with Crippen molar-refractivity contribution in [2.24, 2.45) is 0 Å². The van der Waals surface area contributed by atoms with Crippen molar-refractivity contribution in [3.63, 3.8) is 0 Å². The van der Waals surface area contributed by atoms with Crippen molar-refractivity contribution in [2.45, 2.75) is 31.6 Å². The number of nitrogens with one attached hydrogen (secondary N) is 1. The number of carbonyl (C=O) groups excluding carboxylic acids is 1. The van der Waals surface area contributed by atoms with Gasteiger partial charge >= 0.3 is 0 Å². The van der Waals surface area contributed by atoms with Crippen LogP contribution in [0.1, 0.15) is 25.3 Å². The fraction of sp³-hybridized carbons (Fsp3) is 0.381. The molecule has 2 aromatic carbocycles. The SMILES string of the molecule is CCOc1ccc(NC(=O)CCCOc2cccc(C)c2)cc1S(=O)(=O)N(C)C. The fourth-order valence-electron chi connectivity index (χ4n) is 2.61. The number of amides is 1. The number of benzene rings is 2. The molecule has 0 radical (unpaired) electrons. The molecule has 0 spiro atoms. The van der Waals surface area contributed by atoms with Crippen molar-refractivity contribution in [2.75, 3.05) is 32.6 Å². The van der Waals surface area contributed by atoms with Crippen molar-refractivity contribution < 1.29 is 22.7 Å². The first kappa shape index (κ1) is 22.7. The topological polar surface area (TPSA) is 84.9 Å². The van der Waals surface area contributed by atoms with Crippen LogP contribution >= 0.6 is 0 Å². The summed E-state index contributed by atoms with van der Waals surface area (Å²) in [6, 6.07) is 12.3. The predicted molar refractivity (Wildman–Crippen MR) is 113 cm³/mol. The lowest BCUT2D eigenvalue weighted by Crippen LogP contribution is -2.23. The highest BCUT2D eigenvalue weighted by molar-refractivity contribution is 7.89. The molecule has 158 valence electrons. The van der Waals surface area contributed by atoms with Crippen LogP contribution in [0.3, 0.4) is 0 Å². The minimum atomic E-state index is -3.71. The Bertz CT molecular complexity index is 942. The normalized spacial score (nSPS) is 11.3. The van der Waals surface area contributed by atoms with Gasteiger partial charge in [-0.25, -0.2) is 12.7 Å². The molecule has 0 saturated heterocycles. The molecule has 0 fully saturated rings. The van der Waals surface area contributed by atoms with E-state index in [-0.39, 0.29) is 23.0 Å². The average molecular weight is 421 g/mol. The van der Waals surface area contributed by atoms with Crippen molar-refractivity contribution in [3.8, 4) is 11.5 Å². The van der Waals surface area contributed by atoms with E-state index in [4.69, 9.17) is 9.47 Å². The smallest absolute Gasteiger partial charge is 0.246 e. The van der Waals surface area contributed by atoms with Gasteiger partial charge in [-0.2, -0.15) is 0 Å². The van der Waals surface area contributed by atoms with Crippen LogP contribution in [0.4, 0.5) is 5.69 Å². The molecule has 29 heavy (non-hydrogen) atoms. The van der Waals surface area contributed by atoms with Crippen LogP contribution in [0.2, 0.25) is 0 Å². The van der Waals surface area contributed by atoms with Crippen LogP contribution in [0.5, 0.6) is 11.5 Å². The molecular formula is C21H28N2O5S. The predicted octanol–water partition coefficient (Wildman–Crippen LogP) is 3.44. The first-order chi connectivity index (χ1) is 13.7. The molecule has 8 heteroatoms. The van der Waals surface area contributed by atoms with Gasteiger partial charge in [0.1, 0.15) is 16.4 Å². The summed E-state index contributed by atoms with van der Waals surface area (Å²) in [7, 11) is -0.808. The summed E-state index contributed by atoms with van der Waals surface area (Å²) in [4.78, 5) is 12.2.